The van der Waals surface area contributed by atoms with Gasteiger partial charge in [-0.15, -0.1) is 0 Å². The lowest BCUT2D eigenvalue weighted by Gasteiger charge is -2.37. The van der Waals surface area contributed by atoms with E-state index in [1.807, 2.05) is 13.8 Å². The molecule has 1 aromatic heterocycles. The predicted molar refractivity (Wildman–Crippen MR) is 76.9 cm³/mol. The van der Waals surface area contributed by atoms with Crippen LogP contribution in [-0.4, -0.2) is 40.8 Å². The molecule has 1 aliphatic heterocycles. The van der Waals surface area contributed by atoms with E-state index < -0.39 is 6.04 Å². The molecule has 0 unspecified atom stereocenters. The van der Waals surface area contributed by atoms with E-state index in [0.29, 0.717) is 13.1 Å². The number of carbonyl (C=O) groups is 2. The molecule has 1 fully saturated rings. The van der Waals surface area contributed by atoms with Crippen molar-refractivity contribution in [2.75, 3.05) is 13.1 Å². The maximum absolute atomic E-state index is 12.6. The summed E-state index contributed by atoms with van der Waals surface area (Å²) in [7, 11) is 0. The van der Waals surface area contributed by atoms with Crippen LogP contribution in [0.3, 0.4) is 0 Å². The monoisotopic (exact) mass is 315 g/mol. The quantitative estimate of drug-likeness (QED) is 0.849. The van der Waals surface area contributed by atoms with Crippen molar-refractivity contribution >= 4 is 35.0 Å². The SMILES string of the molecule is CC(C)[C@H]1C(=O)NCCN1C(=O)c1nc(Cl)ccc1Cl. The number of carbonyl (C=O) groups excluding carboxylic acids is 2. The highest BCUT2D eigenvalue weighted by Gasteiger charge is 2.36. The molecule has 1 saturated heterocycles. The summed E-state index contributed by atoms with van der Waals surface area (Å²) < 4.78 is 0. The third kappa shape index (κ3) is 2.88. The molecule has 0 saturated carbocycles. The molecule has 0 aliphatic carbocycles. The van der Waals surface area contributed by atoms with Gasteiger partial charge in [-0.3, -0.25) is 9.59 Å². The molecule has 2 heterocycles. The highest BCUT2D eigenvalue weighted by atomic mass is 35.5. The van der Waals surface area contributed by atoms with E-state index in [0.717, 1.165) is 0 Å². The van der Waals surface area contributed by atoms with Crippen LogP contribution in [0.2, 0.25) is 10.2 Å². The molecule has 2 amide bonds. The molecule has 108 valence electrons. The Bertz CT molecular complexity index is 548. The van der Waals surface area contributed by atoms with Crippen molar-refractivity contribution in [3.05, 3.63) is 28.0 Å². The van der Waals surface area contributed by atoms with Gasteiger partial charge in [0, 0.05) is 13.1 Å². The Morgan fingerprint density at radius 1 is 1.45 bits per heavy atom. The minimum Gasteiger partial charge on any atom is -0.353 e. The Morgan fingerprint density at radius 3 is 2.80 bits per heavy atom. The van der Waals surface area contributed by atoms with Gasteiger partial charge < -0.3 is 10.2 Å². The molecule has 1 aromatic rings. The molecule has 7 heteroatoms. The summed E-state index contributed by atoms with van der Waals surface area (Å²) in [4.78, 5) is 30.0. The summed E-state index contributed by atoms with van der Waals surface area (Å²) in [6.07, 6.45) is 0. The summed E-state index contributed by atoms with van der Waals surface area (Å²) in [6.45, 7) is 4.63. The van der Waals surface area contributed by atoms with Crippen LogP contribution in [0.15, 0.2) is 12.1 Å². The van der Waals surface area contributed by atoms with Gasteiger partial charge in [0.25, 0.3) is 5.91 Å². The second-order valence-electron chi connectivity index (χ2n) is 4.94. The van der Waals surface area contributed by atoms with Gasteiger partial charge in [0.15, 0.2) is 0 Å². The zero-order valence-electron chi connectivity index (χ0n) is 11.2. The van der Waals surface area contributed by atoms with Crippen LogP contribution < -0.4 is 5.32 Å². The van der Waals surface area contributed by atoms with Gasteiger partial charge in [-0.05, 0) is 18.1 Å². The fourth-order valence-electron chi connectivity index (χ4n) is 2.28. The maximum Gasteiger partial charge on any atom is 0.274 e. The molecule has 0 radical (unpaired) electrons. The van der Waals surface area contributed by atoms with Crippen LogP contribution in [-0.2, 0) is 4.79 Å². The first-order chi connectivity index (χ1) is 9.41. The van der Waals surface area contributed by atoms with E-state index in [1.54, 1.807) is 0 Å². The number of piperazine rings is 1. The zero-order valence-corrected chi connectivity index (χ0v) is 12.7. The van der Waals surface area contributed by atoms with Crippen molar-refractivity contribution in [3.63, 3.8) is 0 Å². The molecule has 5 nitrogen and oxygen atoms in total. The lowest BCUT2D eigenvalue weighted by molar-refractivity contribution is -0.129. The average molecular weight is 316 g/mol. The summed E-state index contributed by atoms with van der Waals surface area (Å²) >= 11 is 11.8. The van der Waals surface area contributed by atoms with Gasteiger partial charge in [-0.25, -0.2) is 4.98 Å². The van der Waals surface area contributed by atoms with Crippen molar-refractivity contribution in [1.82, 2.24) is 15.2 Å². The predicted octanol–water partition coefficient (Wildman–Crippen LogP) is 1.98. The number of nitrogens with one attached hydrogen (secondary N) is 1. The lowest BCUT2D eigenvalue weighted by atomic mass is 9.99. The summed E-state index contributed by atoms with van der Waals surface area (Å²) in [5.41, 5.74) is 0.0829. The Labute approximate surface area is 127 Å². The van der Waals surface area contributed by atoms with Crippen molar-refractivity contribution in [1.29, 1.82) is 0 Å². The molecule has 0 spiro atoms. The van der Waals surface area contributed by atoms with E-state index in [9.17, 15) is 9.59 Å². The van der Waals surface area contributed by atoms with Crippen LogP contribution in [0.5, 0.6) is 0 Å². The number of rotatable bonds is 2. The topological polar surface area (TPSA) is 62.3 Å². The third-order valence-corrected chi connectivity index (χ3v) is 3.68. The number of halogens is 2. The summed E-state index contributed by atoms with van der Waals surface area (Å²) in [5, 5.41) is 3.19. The lowest BCUT2D eigenvalue weighted by Crippen LogP contribution is -2.59. The van der Waals surface area contributed by atoms with Crippen molar-refractivity contribution in [2.24, 2.45) is 5.92 Å². The molecular weight excluding hydrogens is 301 g/mol. The van der Waals surface area contributed by atoms with Crippen LogP contribution in [0.4, 0.5) is 0 Å². The minimum atomic E-state index is -0.520. The fourth-order valence-corrected chi connectivity index (χ4v) is 2.61. The number of nitrogens with zero attached hydrogens (tertiary/aromatic N) is 2. The molecule has 0 bridgehead atoms. The first-order valence-electron chi connectivity index (χ1n) is 6.32. The molecule has 2 rings (SSSR count). The van der Waals surface area contributed by atoms with Gasteiger partial charge in [0.1, 0.15) is 16.9 Å². The Kier molecular flexibility index (Phi) is 4.50. The van der Waals surface area contributed by atoms with E-state index >= 15 is 0 Å². The fraction of sp³-hybridized carbons (Fsp3) is 0.462. The van der Waals surface area contributed by atoms with E-state index in [1.165, 1.54) is 17.0 Å². The van der Waals surface area contributed by atoms with Gasteiger partial charge in [0.2, 0.25) is 5.91 Å². The minimum absolute atomic E-state index is 0.00258. The van der Waals surface area contributed by atoms with Crippen LogP contribution in [0, 0.1) is 5.92 Å². The Morgan fingerprint density at radius 2 is 2.15 bits per heavy atom. The molecule has 0 aromatic carbocycles. The molecule has 20 heavy (non-hydrogen) atoms. The molecule has 1 aliphatic rings. The van der Waals surface area contributed by atoms with Crippen LogP contribution >= 0.6 is 23.2 Å². The van der Waals surface area contributed by atoms with Crippen LogP contribution in [0.1, 0.15) is 24.3 Å². The second kappa shape index (κ2) is 5.97. The van der Waals surface area contributed by atoms with Gasteiger partial charge >= 0.3 is 0 Å². The summed E-state index contributed by atoms with van der Waals surface area (Å²) in [5.74, 6) is -0.527. The third-order valence-electron chi connectivity index (χ3n) is 3.16. The van der Waals surface area contributed by atoms with Crippen molar-refractivity contribution in [3.8, 4) is 0 Å². The highest BCUT2D eigenvalue weighted by Crippen LogP contribution is 2.22. The van der Waals surface area contributed by atoms with Crippen LogP contribution in [0.25, 0.3) is 0 Å². The van der Waals surface area contributed by atoms with Gasteiger partial charge in [0.05, 0.1) is 5.02 Å². The van der Waals surface area contributed by atoms with Gasteiger partial charge in [-0.1, -0.05) is 37.0 Å². The standard InChI is InChI=1S/C13H15Cl2N3O2/c1-7(2)11-12(19)16-5-6-18(11)13(20)10-8(14)3-4-9(15)17-10/h3-4,7,11H,5-6H2,1-2H3,(H,16,19)/t11-/m0/s1. The van der Waals surface area contributed by atoms with Gasteiger partial charge in [-0.2, -0.15) is 0 Å². The highest BCUT2D eigenvalue weighted by molar-refractivity contribution is 6.34. The Hall–Kier alpha value is -1.33. The average Bonchev–Trinajstić information content (AvgIpc) is 2.40. The van der Waals surface area contributed by atoms with E-state index in [2.05, 4.69) is 10.3 Å². The van der Waals surface area contributed by atoms with E-state index in [-0.39, 0.29) is 33.6 Å². The first-order valence-corrected chi connectivity index (χ1v) is 7.08. The van der Waals surface area contributed by atoms with E-state index in [4.69, 9.17) is 23.2 Å². The molecule has 1 atom stereocenters. The molecule has 1 N–H and O–H groups in total. The van der Waals surface area contributed by atoms with Crippen molar-refractivity contribution in [2.45, 2.75) is 19.9 Å². The molecular formula is C13H15Cl2N3O2. The number of hydrogen-bond donors (Lipinski definition) is 1. The number of aromatic nitrogens is 1. The number of pyridine rings is 1. The zero-order chi connectivity index (χ0) is 14.9. The number of hydrogen-bond acceptors (Lipinski definition) is 3. The second-order valence-corrected chi connectivity index (χ2v) is 5.74. The largest absolute Gasteiger partial charge is 0.353 e. The smallest absolute Gasteiger partial charge is 0.274 e. The van der Waals surface area contributed by atoms with Crippen molar-refractivity contribution < 1.29 is 9.59 Å². The summed E-state index contributed by atoms with van der Waals surface area (Å²) in [6, 6.07) is 2.52. The Balaban J connectivity index is 2.35. The maximum atomic E-state index is 12.6. The number of amides is 2. The normalized spacial score (nSPS) is 19.1. The first kappa shape index (κ1) is 15.1.